The third kappa shape index (κ3) is 5.41. The van der Waals surface area contributed by atoms with E-state index in [1.165, 1.54) is 12.8 Å². The molecule has 1 aliphatic rings. The minimum atomic E-state index is -0.579. The van der Waals surface area contributed by atoms with Crippen molar-refractivity contribution in [2.45, 2.75) is 65.5 Å². The van der Waals surface area contributed by atoms with Crippen molar-refractivity contribution in [1.29, 1.82) is 0 Å². The van der Waals surface area contributed by atoms with Crippen LogP contribution in [0.5, 0.6) is 0 Å². The first kappa shape index (κ1) is 17.4. The number of nitrogens with one attached hydrogen (secondary N) is 1. The Balaban J connectivity index is 2.57. The number of rotatable bonds is 7. The van der Waals surface area contributed by atoms with Crippen LogP contribution in [0.1, 0.15) is 53.9 Å². The Morgan fingerprint density at radius 3 is 2.75 bits per heavy atom. The van der Waals surface area contributed by atoms with Gasteiger partial charge in [0.1, 0.15) is 5.54 Å². The smallest absolute Gasteiger partial charge is 0.326 e. The van der Waals surface area contributed by atoms with Crippen LogP contribution in [0.25, 0.3) is 0 Å². The third-order valence-electron chi connectivity index (χ3n) is 4.00. The van der Waals surface area contributed by atoms with E-state index < -0.39 is 5.54 Å². The van der Waals surface area contributed by atoms with Crippen LogP contribution < -0.4 is 5.32 Å². The summed E-state index contributed by atoms with van der Waals surface area (Å²) >= 11 is 0. The van der Waals surface area contributed by atoms with Crippen LogP contribution in [-0.2, 0) is 9.53 Å². The van der Waals surface area contributed by atoms with Crippen molar-refractivity contribution in [3.8, 4) is 0 Å². The number of nitrogens with zero attached hydrogens (tertiary/aromatic N) is 1. The number of carbonyl (C=O) groups is 1. The second-order valence-corrected chi connectivity index (χ2v) is 6.65. The fraction of sp³-hybridized carbons (Fsp3) is 0.938. The largest absolute Gasteiger partial charge is 0.465 e. The molecule has 0 bridgehead atoms. The van der Waals surface area contributed by atoms with E-state index in [9.17, 15) is 4.79 Å². The highest BCUT2D eigenvalue weighted by molar-refractivity contribution is 5.80. The summed E-state index contributed by atoms with van der Waals surface area (Å²) in [6.07, 6.45) is 3.40. The molecule has 118 valence electrons. The lowest BCUT2D eigenvalue weighted by Gasteiger charge is -2.35. The fourth-order valence-corrected chi connectivity index (χ4v) is 3.03. The Kier molecular flexibility index (Phi) is 6.96. The molecule has 0 amide bonds. The normalized spacial score (nSPS) is 23.6. The molecule has 1 heterocycles. The van der Waals surface area contributed by atoms with Gasteiger partial charge in [-0.25, -0.2) is 0 Å². The lowest BCUT2D eigenvalue weighted by molar-refractivity contribution is -0.151. The number of ether oxygens (including phenoxy) is 1. The first-order valence-corrected chi connectivity index (χ1v) is 8.04. The molecule has 0 aromatic heterocycles. The van der Waals surface area contributed by atoms with Crippen LogP contribution in [0.3, 0.4) is 0 Å². The average molecular weight is 284 g/mol. The highest BCUT2D eigenvalue weighted by atomic mass is 16.5. The number of likely N-dealkylation sites (tertiary alicyclic amines) is 1. The van der Waals surface area contributed by atoms with Gasteiger partial charge in [0.15, 0.2) is 0 Å². The molecular weight excluding hydrogens is 252 g/mol. The van der Waals surface area contributed by atoms with Crippen molar-refractivity contribution < 1.29 is 9.53 Å². The molecule has 0 aliphatic carbocycles. The number of carbonyl (C=O) groups excluding carboxylic acids is 1. The van der Waals surface area contributed by atoms with Crippen molar-refractivity contribution in [3.63, 3.8) is 0 Å². The summed E-state index contributed by atoms with van der Waals surface area (Å²) in [6.45, 7) is 14.0. The van der Waals surface area contributed by atoms with Gasteiger partial charge in [0.2, 0.25) is 0 Å². The SMILES string of the molecule is CCOC(=O)C(C)(CCN1CCCC(C)C1)NC(C)C. The third-order valence-corrected chi connectivity index (χ3v) is 4.00. The van der Waals surface area contributed by atoms with Gasteiger partial charge in [-0.05, 0) is 59.4 Å². The van der Waals surface area contributed by atoms with Gasteiger partial charge in [0.25, 0.3) is 0 Å². The first-order valence-electron chi connectivity index (χ1n) is 8.04. The molecule has 2 atom stereocenters. The Hall–Kier alpha value is -0.610. The number of piperidine rings is 1. The maximum absolute atomic E-state index is 12.2. The molecule has 0 radical (unpaired) electrons. The molecule has 4 nitrogen and oxygen atoms in total. The van der Waals surface area contributed by atoms with Crippen LogP contribution in [0, 0.1) is 5.92 Å². The molecule has 1 rings (SSSR count). The Labute approximate surface area is 124 Å². The van der Waals surface area contributed by atoms with Gasteiger partial charge in [0, 0.05) is 19.1 Å². The van der Waals surface area contributed by atoms with Crippen molar-refractivity contribution in [1.82, 2.24) is 10.2 Å². The van der Waals surface area contributed by atoms with Crippen molar-refractivity contribution in [2.24, 2.45) is 5.92 Å². The van der Waals surface area contributed by atoms with Gasteiger partial charge in [-0.1, -0.05) is 6.92 Å². The summed E-state index contributed by atoms with van der Waals surface area (Å²) in [7, 11) is 0. The van der Waals surface area contributed by atoms with E-state index in [1.807, 2.05) is 13.8 Å². The standard InChI is InChI=1S/C16H32N2O2/c1-6-20-15(19)16(5,17-13(2)3)9-11-18-10-7-8-14(4)12-18/h13-14,17H,6-12H2,1-5H3. The summed E-state index contributed by atoms with van der Waals surface area (Å²) in [5.74, 6) is 0.648. The number of esters is 1. The van der Waals surface area contributed by atoms with Gasteiger partial charge in [-0.15, -0.1) is 0 Å². The van der Waals surface area contributed by atoms with E-state index in [4.69, 9.17) is 4.74 Å². The molecule has 1 fully saturated rings. The van der Waals surface area contributed by atoms with Crippen LogP contribution in [-0.4, -0.2) is 48.7 Å². The fourth-order valence-electron chi connectivity index (χ4n) is 3.03. The zero-order valence-corrected chi connectivity index (χ0v) is 13.9. The first-order chi connectivity index (χ1) is 9.37. The molecule has 0 saturated carbocycles. The monoisotopic (exact) mass is 284 g/mol. The molecule has 0 spiro atoms. The van der Waals surface area contributed by atoms with E-state index in [0.717, 1.165) is 32.0 Å². The predicted octanol–water partition coefficient (Wildman–Crippen LogP) is 2.43. The molecule has 0 aromatic carbocycles. The number of hydrogen-bond acceptors (Lipinski definition) is 4. The molecule has 1 N–H and O–H groups in total. The van der Waals surface area contributed by atoms with Gasteiger partial charge in [-0.3, -0.25) is 10.1 Å². The minimum Gasteiger partial charge on any atom is -0.465 e. The van der Waals surface area contributed by atoms with E-state index in [2.05, 4.69) is 31.0 Å². The maximum Gasteiger partial charge on any atom is 0.326 e. The van der Waals surface area contributed by atoms with Gasteiger partial charge < -0.3 is 9.64 Å². The van der Waals surface area contributed by atoms with Crippen molar-refractivity contribution in [3.05, 3.63) is 0 Å². The molecule has 4 heteroatoms. The van der Waals surface area contributed by atoms with Crippen LogP contribution in [0.15, 0.2) is 0 Å². The minimum absolute atomic E-state index is 0.126. The van der Waals surface area contributed by atoms with Crippen LogP contribution >= 0.6 is 0 Å². The Bertz CT molecular complexity index is 307. The lowest BCUT2D eigenvalue weighted by atomic mass is 9.94. The maximum atomic E-state index is 12.2. The average Bonchev–Trinajstić information content (AvgIpc) is 2.36. The summed E-state index contributed by atoms with van der Waals surface area (Å²) in [5.41, 5.74) is -0.579. The van der Waals surface area contributed by atoms with Crippen LogP contribution in [0.2, 0.25) is 0 Å². The Morgan fingerprint density at radius 2 is 2.20 bits per heavy atom. The summed E-state index contributed by atoms with van der Waals surface area (Å²) in [4.78, 5) is 14.7. The van der Waals surface area contributed by atoms with E-state index in [0.29, 0.717) is 6.61 Å². The molecule has 0 aromatic rings. The predicted molar refractivity (Wildman–Crippen MR) is 82.8 cm³/mol. The lowest BCUT2D eigenvalue weighted by Crippen LogP contribution is -2.55. The van der Waals surface area contributed by atoms with Gasteiger partial charge >= 0.3 is 5.97 Å². The van der Waals surface area contributed by atoms with Crippen LogP contribution in [0.4, 0.5) is 0 Å². The zero-order chi connectivity index (χ0) is 15.2. The molecule has 1 saturated heterocycles. The summed E-state index contributed by atoms with van der Waals surface area (Å²) in [5, 5.41) is 3.39. The highest BCUT2D eigenvalue weighted by Crippen LogP contribution is 2.19. The Morgan fingerprint density at radius 1 is 1.50 bits per heavy atom. The molecular formula is C16H32N2O2. The van der Waals surface area contributed by atoms with E-state index in [1.54, 1.807) is 0 Å². The topological polar surface area (TPSA) is 41.6 Å². The number of hydrogen-bond donors (Lipinski definition) is 1. The molecule has 1 aliphatic heterocycles. The van der Waals surface area contributed by atoms with Gasteiger partial charge in [0.05, 0.1) is 6.61 Å². The van der Waals surface area contributed by atoms with E-state index >= 15 is 0 Å². The second-order valence-electron chi connectivity index (χ2n) is 6.65. The zero-order valence-electron chi connectivity index (χ0n) is 13.9. The van der Waals surface area contributed by atoms with E-state index in [-0.39, 0.29) is 12.0 Å². The quantitative estimate of drug-likeness (QED) is 0.729. The summed E-state index contributed by atoms with van der Waals surface area (Å²) < 4.78 is 5.25. The highest BCUT2D eigenvalue weighted by Gasteiger charge is 2.35. The van der Waals surface area contributed by atoms with Crippen molar-refractivity contribution in [2.75, 3.05) is 26.2 Å². The van der Waals surface area contributed by atoms with Gasteiger partial charge in [-0.2, -0.15) is 0 Å². The van der Waals surface area contributed by atoms with Crippen molar-refractivity contribution >= 4 is 5.97 Å². The second kappa shape index (κ2) is 7.99. The molecule has 20 heavy (non-hydrogen) atoms. The molecule has 2 unspecified atom stereocenters. The summed E-state index contributed by atoms with van der Waals surface area (Å²) in [6, 6.07) is 0.268.